The van der Waals surface area contributed by atoms with Crippen LogP contribution >= 0.6 is 23.2 Å². The van der Waals surface area contributed by atoms with Crippen LogP contribution in [0, 0.1) is 5.82 Å². The van der Waals surface area contributed by atoms with Crippen molar-refractivity contribution in [3.05, 3.63) is 69.5 Å². The summed E-state index contributed by atoms with van der Waals surface area (Å²) in [6.07, 6.45) is 4.39. The molecular weight excluding hydrogens is 484 g/mol. The summed E-state index contributed by atoms with van der Waals surface area (Å²) in [7, 11) is -2.42. The van der Waals surface area contributed by atoms with Gasteiger partial charge in [0.25, 0.3) is 5.91 Å². The first-order valence-corrected chi connectivity index (χ1v) is 11.2. The monoisotopic (exact) mass is 499 g/mol. The SMILES string of the molecule is O=C(Nc1cnc(NCCC[SH](=O)=O)nc1)c1cc(C(=O)c2c(Cl)ccc(Cl)c2F)c[nH]1. The van der Waals surface area contributed by atoms with Crippen molar-refractivity contribution in [1.82, 2.24) is 15.0 Å². The van der Waals surface area contributed by atoms with Gasteiger partial charge < -0.3 is 15.6 Å². The molecule has 2 aromatic heterocycles. The molecule has 0 aliphatic heterocycles. The molecule has 0 atom stereocenters. The van der Waals surface area contributed by atoms with Crippen molar-refractivity contribution in [2.24, 2.45) is 0 Å². The highest BCUT2D eigenvalue weighted by molar-refractivity contribution is 7.72. The summed E-state index contributed by atoms with van der Waals surface area (Å²) in [6, 6.07) is 3.81. The fourth-order valence-corrected chi connectivity index (χ4v) is 3.43. The van der Waals surface area contributed by atoms with Gasteiger partial charge in [-0.2, -0.15) is 0 Å². The van der Waals surface area contributed by atoms with E-state index < -0.39 is 28.2 Å². The Bertz CT molecular complexity index is 1220. The van der Waals surface area contributed by atoms with Crippen LogP contribution in [0.3, 0.4) is 0 Å². The van der Waals surface area contributed by atoms with Crippen molar-refractivity contribution in [2.75, 3.05) is 22.9 Å². The maximum absolute atomic E-state index is 14.2. The van der Waals surface area contributed by atoms with Gasteiger partial charge in [0, 0.05) is 24.1 Å². The fourth-order valence-electron chi connectivity index (χ4n) is 2.63. The summed E-state index contributed by atoms with van der Waals surface area (Å²) >= 11 is 11.7. The Labute approximate surface area is 193 Å². The Morgan fingerprint density at radius 2 is 1.81 bits per heavy atom. The van der Waals surface area contributed by atoms with Crippen molar-refractivity contribution in [1.29, 1.82) is 0 Å². The summed E-state index contributed by atoms with van der Waals surface area (Å²) < 4.78 is 35.3. The lowest BCUT2D eigenvalue weighted by molar-refractivity contribution is 0.102. The third-order valence-electron chi connectivity index (χ3n) is 4.17. The third-order valence-corrected chi connectivity index (χ3v) is 5.46. The van der Waals surface area contributed by atoms with E-state index in [0.29, 0.717) is 13.0 Å². The molecule has 2 heterocycles. The lowest BCUT2D eigenvalue weighted by Gasteiger charge is -2.06. The summed E-state index contributed by atoms with van der Waals surface area (Å²) in [4.78, 5) is 35.7. The van der Waals surface area contributed by atoms with Crippen LogP contribution in [-0.4, -0.2) is 47.4 Å². The molecule has 0 unspecified atom stereocenters. The number of thiol groups is 1. The number of amides is 1. The maximum Gasteiger partial charge on any atom is 0.272 e. The number of halogens is 3. The Hall–Kier alpha value is -3.02. The minimum atomic E-state index is -2.42. The molecule has 3 rings (SSSR count). The van der Waals surface area contributed by atoms with Gasteiger partial charge >= 0.3 is 0 Å². The molecule has 0 aliphatic carbocycles. The van der Waals surface area contributed by atoms with Gasteiger partial charge in [-0.1, -0.05) is 23.2 Å². The van der Waals surface area contributed by atoms with Gasteiger partial charge in [0.1, 0.15) is 16.4 Å². The minimum Gasteiger partial charge on any atom is -0.356 e. The first-order chi connectivity index (χ1) is 15.3. The van der Waals surface area contributed by atoms with E-state index in [-0.39, 0.29) is 44.3 Å². The van der Waals surface area contributed by atoms with E-state index in [0.717, 1.165) is 0 Å². The zero-order valence-electron chi connectivity index (χ0n) is 16.2. The molecule has 0 aliphatic rings. The zero-order chi connectivity index (χ0) is 23.3. The minimum absolute atomic E-state index is 0.0221. The molecule has 3 N–H and O–H groups in total. The van der Waals surface area contributed by atoms with E-state index in [9.17, 15) is 22.4 Å². The predicted molar refractivity (Wildman–Crippen MR) is 119 cm³/mol. The van der Waals surface area contributed by atoms with Crippen LogP contribution < -0.4 is 10.6 Å². The van der Waals surface area contributed by atoms with Crippen molar-refractivity contribution >= 4 is 57.2 Å². The van der Waals surface area contributed by atoms with E-state index in [1.807, 2.05) is 0 Å². The normalized spacial score (nSPS) is 10.9. The molecule has 0 saturated carbocycles. The number of carbonyl (C=O) groups is 2. The Kier molecular flexibility index (Phi) is 7.78. The maximum atomic E-state index is 14.2. The second-order valence-electron chi connectivity index (χ2n) is 6.44. The van der Waals surface area contributed by atoms with Crippen LogP contribution in [-0.2, 0) is 10.7 Å². The molecule has 1 aromatic carbocycles. The van der Waals surface area contributed by atoms with Gasteiger partial charge in [0.05, 0.1) is 33.7 Å². The number of aromatic amines is 1. The number of nitrogens with zero attached hydrogens (tertiary/aromatic N) is 2. The highest BCUT2D eigenvalue weighted by atomic mass is 35.5. The van der Waals surface area contributed by atoms with Gasteiger partial charge in [-0.15, -0.1) is 0 Å². The standard InChI is InChI=1S/C19H16Cl2FN5O4S/c20-12-2-3-13(21)16(22)15(12)17(28)10-6-14(24-7-10)18(29)27-11-8-25-19(26-9-11)23-4-1-5-32(30)31/h2-3,6-9,24,32H,1,4-5H2,(H,27,29)(H,23,25,26). The van der Waals surface area contributed by atoms with Gasteiger partial charge in [-0.05, 0) is 24.6 Å². The van der Waals surface area contributed by atoms with Crippen molar-refractivity contribution < 1.29 is 22.4 Å². The van der Waals surface area contributed by atoms with E-state index in [1.165, 1.54) is 36.8 Å². The van der Waals surface area contributed by atoms with Gasteiger partial charge in [-0.3, -0.25) is 9.59 Å². The molecule has 32 heavy (non-hydrogen) atoms. The number of hydrogen-bond donors (Lipinski definition) is 4. The summed E-state index contributed by atoms with van der Waals surface area (Å²) in [5.74, 6) is -1.91. The summed E-state index contributed by atoms with van der Waals surface area (Å²) in [5.41, 5.74) is -0.0343. The number of ketones is 1. The van der Waals surface area contributed by atoms with Crippen molar-refractivity contribution in [3.63, 3.8) is 0 Å². The average molecular weight is 500 g/mol. The van der Waals surface area contributed by atoms with Crippen molar-refractivity contribution in [3.8, 4) is 0 Å². The quantitative estimate of drug-likeness (QED) is 0.154. The predicted octanol–water partition coefficient (Wildman–Crippen LogP) is 3.15. The Morgan fingerprint density at radius 3 is 2.50 bits per heavy atom. The lowest BCUT2D eigenvalue weighted by Crippen LogP contribution is -2.13. The molecule has 3 aromatic rings. The van der Waals surface area contributed by atoms with Crippen LogP contribution in [0.4, 0.5) is 16.0 Å². The lowest BCUT2D eigenvalue weighted by atomic mass is 10.0. The number of benzene rings is 1. The molecule has 168 valence electrons. The zero-order valence-corrected chi connectivity index (χ0v) is 18.6. The Morgan fingerprint density at radius 1 is 1.12 bits per heavy atom. The first kappa shape index (κ1) is 23.6. The number of carbonyl (C=O) groups excluding carboxylic acids is 2. The van der Waals surface area contributed by atoms with Crippen LogP contribution in [0.15, 0.2) is 36.8 Å². The van der Waals surface area contributed by atoms with E-state index in [1.54, 1.807) is 0 Å². The van der Waals surface area contributed by atoms with Crippen LogP contribution in [0.2, 0.25) is 10.0 Å². The van der Waals surface area contributed by atoms with Gasteiger partial charge in [0.15, 0.2) is 11.6 Å². The number of aromatic nitrogens is 3. The molecule has 0 bridgehead atoms. The van der Waals surface area contributed by atoms with Gasteiger partial charge in [0.2, 0.25) is 5.95 Å². The molecule has 0 fully saturated rings. The molecule has 0 spiro atoms. The highest BCUT2D eigenvalue weighted by Crippen LogP contribution is 2.28. The second kappa shape index (κ2) is 10.5. The molecule has 9 nitrogen and oxygen atoms in total. The topological polar surface area (TPSA) is 134 Å². The van der Waals surface area contributed by atoms with Gasteiger partial charge in [-0.25, -0.2) is 22.8 Å². The molecule has 0 radical (unpaired) electrons. The number of nitrogens with one attached hydrogen (secondary N) is 3. The number of H-pyrrole nitrogens is 1. The largest absolute Gasteiger partial charge is 0.356 e. The van der Waals surface area contributed by atoms with Crippen LogP contribution in [0.5, 0.6) is 0 Å². The average Bonchev–Trinajstić information content (AvgIpc) is 3.25. The second-order valence-corrected chi connectivity index (χ2v) is 8.36. The third kappa shape index (κ3) is 5.81. The van der Waals surface area contributed by atoms with E-state index >= 15 is 0 Å². The van der Waals surface area contributed by atoms with Crippen molar-refractivity contribution in [2.45, 2.75) is 6.42 Å². The molecule has 13 heteroatoms. The molecule has 0 saturated heterocycles. The first-order valence-electron chi connectivity index (χ1n) is 9.12. The van der Waals surface area contributed by atoms with Crippen LogP contribution in [0.1, 0.15) is 32.8 Å². The fraction of sp³-hybridized carbons (Fsp3) is 0.158. The Balaban J connectivity index is 1.64. The molecular formula is C19H16Cl2FN5O4S. The number of hydrogen-bond acceptors (Lipinski definition) is 7. The molecule has 1 amide bonds. The summed E-state index contributed by atoms with van der Waals surface area (Å²) in [5, 5.41) is 5.07. The summed E-state index contributed by atoms with van der Waals surface area (Å²) in [6.45, 7) is 0.380. The number of rotatable bonds is 9. The van der Waals surface area contributed by atoms with E-state index in [2.05, 4.69) is 25.6 Å². The van der Waals surface area contributed by atoms with Crippen LogP contribution in [0.25, 0.3) is 0 Å². The highest BCUT2D eigenvalue weighted by Gasteiger charge is 2.22. The smallest absolute Gasteiger partial charge is 0.272 e. The number of anilines is 2. The van der Waals surface area contributed by atoms with E-state index in [4.69, 9.17) is 23.2 Å².